The number of carbonyl (C=O) groups is 1. The molecule has 0 saturated carbocycles. The molecule has 0 radical (unpaired) electrons. The molecule has 2 aromatic rings. The molecule has 1 saturated heterocycles. The predicted octanol–water partition coefficient (Wildman–Crippen LogP) is 4.52. The van der Waals surface area contributed by atoms with Crippen LogP contribution in [0.1, 0.15) is 25.0 Å². The van der Waals surface area contributed by atoms with Crippen molar-refractivity contribution in [2.45, 2.75) is 26.1 Å². The number of nitrogens with zero attached hydrogens (tertiary/aromatic N) is 1. The highest BCUT2D eigenvalue weighted by Gasteiger charge is 2.28. The maximum absolute atomic E-state index is 13.2. The Morgan fingerprint density at radius 1 is 1.04 bits per heavy atom. The van der Waals surface area contributed by atoms with Crippen LogP contribution in [0.3, 0.4) is 0 Å². The van der Waals surface area contributed by atoms with Gasteiger partial charge in [0.25, 0.3) is 5.91 Å². The van der Waals surface area contributed by atoms with E-state index in [9.17, 15) is 4.79 Å². The minimum absolute atomic E-state index is 0.0215. The lowest BCUT2D eigenvalue weighted by molar-refractivity contribution is -0.136. The molecule has 0 bridgehead atoms. The lowest BCUT2D eigenvalue weighted by Crippen LogP contribution is -2.48. The molecule has 0 aromatic heterocycles. The standard InChI is InChI=1S/C21H22ClNO2/c1-15-13-23(14-16(2)25-15)21(24)20(12-17-6-4-3-5-7-17)18-8-10-19(22)11-9-18/h3-12,15-16H,13-14H2,1-2H3/b20-12-/t15-,16-/m1/s1. The molecule has 1 fully saturated rings. The molecule has 3 rings (SSSR count). The highest BCUT2D eigenvalue weighted by molar-refractivity contribution is 6.31. The second-order valence-electron chi connectivity index (χ2n) is 6.44. The van der Waals surface area contributed by atoms with Gasteiger partial charge in [0.15, 0.2) is 0 Å². The number of amides is 1. The minimum atomic E-state index is 0.0215. The summed E-state index contributed by atoms with van der Waals surface area (Å²) in [5, 5.41) is 0.656. The van der Waals surface area contributed by atoms with Gasteiger partial charge in [-0.25, -0.2) is 0 Å². The second kappa shape index (κ2) is 7.85. The van der Waals surface area contributed by atoms with Crippen LogP contribution in [-0.2, 0) is 9.53 Å². The van der Waals surface area contributed by atoms with Crippen molar-refractivity contribution in [3.05, 3.63) is 70.7 Å². The Labute approximate surface area is 153 Å². The van der Waals surface area contributed by atoms with Crippen molar-refractivity contribution in [1.82, 2.24) is 4.90 Å². The van der Waals surface area contributed by atoms with Crippen LogP contribution in [-0.4, -0.2) is 36.1 Å². The molecule has 0 spiro atoms. The van der Waals surface area contributed by atoms with Crippen molar-refractivity contribution < 1.29 is 9.53 Å². The summed E-state index contributed by atoms with van der Waals surface area (Å²) in [5.74, 6) is 0.0215. The molecule has 1 heterocycles. The molecule has 0 aliphatic carbocycles. The smallest absolute Gasteiger partial charge is 0.254 e. The van der Waals surface area contributed by atoms with Crippen LogP contribution in [0.25, 0.3) is 11.6 Å². The molecule has 25 heavy (non-hydrogen) atoms. The van der Waals surface area contributed by atoms with Crippen molar-refractivity contribution in [3.63, 3.8) is 0 Å². The number of hydrogen-bond acceptors (Lipinski definition) is 2. The lowest BCUT2D eigenvalue weighted by atomic mass is 10.0. The van der Waals surface area contributed by atoms with E-state index in [0.717, 1.165) is 11.1 Å². The van der Waals surface area contributed by atoms with Gasteiger partial charge >= 0.3 is 0 Å². The summed E-state index contributed by atoms with van der Waals surface area (Å²) in [5.41, 5.74) is 2.53. The van der Waals surface area contributed by atoms with E-state index in [2.05, 4.69) is 0 Å². The summed E-state index contributed by atoms with van der Waals surface area (Å²) < 4.78 is 5.76. The summed E-state index contributed by atoms with van der Waals surface area (Å²) in [6.45, 7) is 5.20. The molecule has 1 aliphatic rings. The molecule has 4 heteroatoms. The summed E-state index contributed by atoms with van der Waals surface area (Å²) in [4.78, 5) is 15.1. The third kappa shape index (κ3) is 4.50. The van der Waals surface area contributed by atoms with Crippen molar-refractivity contribution >= 4 is 29.2 Å². The third-order valence-corrected chi connectivity index (χ3v) is 4.46. The summed E-state index contributed by atoms with van der Waals surface area (Å²) >= 11 is 6.01. The van der Waals surface area contributed by atoms with Crippen LogP contribution in [0.15, 0.2) is 54.6 Å². The van der Waals surface area contributed by atoms with E-state index in [-0.39, 0.29) is 18.1 Å². The molecular weight excluding hydrogens is 334 g/mol. The zero-order valence-electron chi connectivity index (χ0n) is 14.5. The molecular formula is C21H22ClNO2. The summed E-state index contributed by atoms with van der Waals surface area (Å²) in [6, 6.07) is 17.3. The first kappa shape index (κ1) is 17.7. The van der Waals surface area contributed by atoms with E-state index >= 15 is 0 Å². The van der Waals surface area contributed by atoms with Gasteiger partial charge in [0.2, 0.25) is 0 Å². The topological polar surface area (TPSA) is 29.5 Å². The highest BCUT2D eigenvalue weighted by Crippen LogP contribution is 2.24. The number of morpholine rings is 1. The van der Waals surface area contributed by atoms with Crippen molar-refractivity contribution in [2.24, 2.45) is 0 Å². The fourth-order valence-electron chi connectivity index (χ4n) is 3.13. The molecule has 130 valence electrons. The van der Waals surface area contributed by atoms with Crippen molar-refractivity contribution in [2.75, 3.05) is 13.1 Å². The molecule has 1 amide bonds. The fourth-order valence-corrected chi connectivity index (χ4v) is 3.25. The molecule has 0 unspecified atom stereocenters. The normalized spacial score (nSPS) is 21.2. The predicted molar refractivity (Wildman–Crippen MR) is 102 cm³/mol. The van der Waals surface area contributed by atoms with Gasteiger partial charge < -0.3 is 9.64 Å². The molecule has 2 atom stereocenters. The van der Waals surface area contributed by atoms with Crippen LogP contribution in [0.5, 0.6) is 0 Å². The second-order valence-corrected chi connectivity index (χ2v) is 6.88. The van der Waals surface area contributed by atoms with Gasteiger partial charge in [0, 0.05) is 23.7 Å². The molecule has 2 aromatic carbocycles. The van der Waals surface area contributed by atoms with E-state index in [1.807, 2.05) is 79.4 Å². The van der Waals surface area contributed by atoms with Gasteiger partial charge in [0.1, 0.15) is 0 Å². The Hall–Kier alpha value is -2.10. The summed E-state index contributed by atoms with van der Waals surface area (Å²) in [7, 11) is 0. The molecule has 1 aliphatic heterocycles. The number of hydrogen-bond donors (Lipinski definition) is 0. The van der Waals surface area contributed by atoms with Gasteiger partial charge in [-0.1, -0.05) is 54.1 Å². The maximum atomic E-state index is 13.2. The number of halogens is 1. The van der Waals surface area contributed by atoms with E-state index < -0.39 is 0 Å². The zero-order chi connectivity index (χ0) is 17.8. The van der Waals surface area contributed by atoms with Crippen molar-refractivity contribution in [3.8, 4) is 0 Å². The monoisotopic (exact) mass is 355 g/mol. The SMILES string of the molecule is C[C@@H]1CN(C(=O)/C(=C\c2ccccc2)c2ccc(Cl)cc2)C[C@@H](C)O1. The Kier molecular flexibility index (Phi) is 5.57. The van der Waals surface area contributed by atoms with E-state index in [1.54, 1.807) is 0 Å². The van der Waals surface area contributed by atoms with Gasteiger partial charge in [-0.3, -0.25) is 4.79 Å². The first-order chi connectivity index (χ1) is 12.0. The Morgan fingerprint density at radius 2 is 1.64 bits per heavy atom. The first-order valence-electron chi connectivity index (χ1n) is 8.50. The third-order valence-electron chi connectivity index (χ3n) is 4.20. The Morgan fingerprint density at radius 3 is 2.24 bits per heavy atom. The average molecular weight is 356 g/mol. The number of rotatable bonds is 3. The maximum Gasteiger partial charge on any atom is 0.254 e. The van der Waals surface area contributed by atoms with E-state index in [1.165, 1.54) is 0 Å². The quantitative estimate of drug-likeness (QED) is 0.598. The minimum Gasteiger partial charge on any atom is -0.372 e. The number of benzene rings is 2. The summed E-state index contributed by atoms with van der Waals surface area (Å²) in [6.07, 6.45) is 2.02. The Balaban J connectivity index is 1.97. The van der Waals surface area contributed by atoms with Crippen molar-refractivity contribution in [1.29, 1.82) is 0 Å². The van der Waals surface area contributed by atoms with E-state index in [4.69, 9.17) is 16.3 Å². The highest BCUT2D eigenvalue weighted by atomic mass is 35.5. The lowest BCUT2D eigenvalue weighted by Gasteiger charge is -2.35. The molecule has 3 nitrogen and oxygen atoms in total. The van der Waals surface area contributed by atoms with Gasteiger partial charge in [0.05, 0.1) is 12.2 Å². The van der Waals surface area contributed by atoms with Crippen LogP contribution < -0.4 is 0 Å². The van der Waals surface area contributed by atoms with Crippen LogP contribution in [0.2, 0.25) is 5.02 Å². The van der Waals surface area contributed by atoms with Gasteiger partial charge in [-0.05, 0) is 43.2 Å². The van der Waals surface area contributed by atoms with Crippen LogP contribution in [0.4, 0.5) is 0 Å². The first-order valence-corrected chi connectivity index (χ1v) is 8.88. The number of ether oxygens (including phenoxy) is 1. The van der Waals surface area contributed by atoms with Gasteiger partial charge in [-0.15, -0.1) is 0 Å². The number of carbonyl (C=O) groups excluding carboxylic acids is 1. The largest absolute Gasteiger partial charge is 0.372 e. The van der Waals surface area contributed by atoms with Crippen LogP contribution >= 0.6 is 11.6 Å². The fraction of sp³-hybridized carbons (Fsp3) is 0.286. The zero-order valence-corrected chi connectivity index (χ0v) is 15.2. The van der Waals surface area contributed by atoms with E-state index in [0.29, 0.717) is 23.7 Å². The van der Waals surface area contributed by atoms with Crippen LogP contribution in [0, 0.1) is 0 Å². The Bertz CT molecular complexity index is 745. The molecule has 0 N–H and O–H groups in total. The average Bonchev–Trinajstić information content (AvgIpc) is 2.60. The van der Waals surface area contributed by atoms with Gasteiger partial charge in [-0.2, -0.15) is 0 Å².